The maximum Gasteiger partial charge on any atom is 0.238 e. The Hall–Kier alpha value is -0.880. The van der Waals surface area contributed by atoms with Crippen LogP contribution in [-0.4, -0.2) is 48.7 Å². The van der Waals surface area contributed by atoms with Crippen LogP contribution < -0.4 is 0 Å². The van der Waals surface area contributed by atoms with Crippen molar-refractivity contribution in [1.29, 1.82) is 0 Å². The molecule has 1 saturated heterocycles. The summed E-state index contributed by atoms with van der Waals surface area (Å²) in [6, 6.07) is -0.161. The van der Waals surface area contributed by atoms with Crippen molar-refractivity contribution in [3.8, 4) is 0 Å². The van der Waals surface area contributed by atoms with Crippen molar-refractivity contribution in [1.82, 2.24) is 14.7 Å². The van der Waals surface area contributed by atoms with Gasteiger partial charge in [-0.05, 0) is 6.92 Å². The molecule has 2 rings (SSSR count). The van der Waals surface area contributed by atoms with Crippen LogP contribution >= 0.6 is 11.6 Å². The van der Waals surface area contributed by atoms with E-state index in [1.807, 2.05) is 13.1 Å². The van der Waals surface area contributed by atoms with Crippen LogP contribution in [0, 0.1) is 0 Å². The highest BCUT2D eigenvalue weighted by Crippen LogP contribution is 2.25. The molecule has 2 atom stereocenters. The number of hydrogen-bond donors (Lipinski definition) is 0. The van der Waals surface area contributed by atoms with E-state index in [9.17, 15) is 9.00 Å². The molecule has 18 heavy (non-hydrogen) atoms. The van der Waals surface area contributed by atoms with E-state index in [1.54, 1.807) is 15.8 Å². The summed E-state index contributed by atoms with van der Waals surface area (Å²) in [6.07, 6.45) is 3.65. The summed E-state index contributed by atoms with van der Waals surface area (Å²) in [5.41, 5.74) is 0.934. The van der Waals surface area contributed by atoms with Gasteiger partial charge in [0, 0.05) is 47.2 Å². The fraction of sp³-hybridized carbons (Fsp3) is 0.636. The van der Waals surface area contributed by atoms with Crippen molar-refractivity contribution >= 4 is 28.3 Å². The lowest BCUT2D eigenvalue weighted by Crippen LogP contribution is -2.44. The Labute approximate surface area is 114 Å². The summed E-state index contributed by atoms with van der Waals surface area (Å²) in [7, 11) is -0.877. The predicted molar refractivity (Wildman–Crippen MR) is 71.0 cm³/mol. The first-order chi connectivity index (χ1) is 8.65. The molecule has 2 unspecified atom stereocenters. The number of amides is 1. The molecule has 5 nitrogen and oxygen atoms in total. The smallest absolute Gasteiger partial charge is 0.238 e. The minimum atomic E-state index is -0.877. The highest BCUT2D eigenvalue weighted by atomic mass is 35.5. The lowest BCUT2D eigenvalue weighted by Gasteiger charge is -2.34. The molecule has 0 bridgehead atoms. The van der Waals surface area contributed by atoms with Crippen LogP contribution in [0.4, 0.5) is 0 Å². The summed E-state index contributed by atoms with van der Waals surface area (Å²) < 4.78 is 13.5. The zero-order chi connectivity index (χ0) is 13.1. The zero-order valence-electron chi connectivity index (χ0n) is 10.2. The van der Waals surface area contributed by atoms with E-state index < -0.39 is 10.8 Å². The Kier molecular flexibility index (Phi) is 4.40. The minimum absolute atomic E-state index is 0.0367. The SMILES string of the molecule is CCn1cc(C2CS(=O)CCN2C(=O)CCl)cn1. The Bertz CT molecular complexity index is 463. The lowest BCUT2D eigenvalue weighted by molar-refractivity contribution is -0.130. The van der Waals surface area contributed by atoms with Gasteiger partial charge in [-0.2, -0.15) is 5.10 Å². The molecule has 1 amide bonds. The highest BCUT2D eigenvalue weighted by molar-refractivity contribution is 7.85. The van der Waals surface area contributed by atoms with Crippen LogP contribution in [0.15, 0.2) is 12.4 Å². The van der Waals surface area contributed by atoms with Crippen LogP contribution in [0.2, 0.25) is 0 Å². The van der Waals surface area contributed by atoms with Crippen LogP contribution in [0.1, 0.15) is 18.5 Å². The number of hydrogen-bond acceptors (Lipinski definition) is 3. The number of aryl methyl sites for hydroxylation is 1. The third kappa shape index (κ3) is 2.75. The van der Waals surface area contributed by atoms with E-state index in [1.165, 1.54) is 0 Å². The number of carbonyl (C=O) groups excluding carboxylic acids is 1. The lowest BCUT2D eigenvalue weighted by atomic mass is 10.1. The summed E-state index contributed by atoms with van der Waals surface area (Å²) >= 11 is 5.62. The van der Waals surface area contributed by atoms with Gasteiger partial charge in [0.2, 0.25) is 5.91 Å². The van der Waals surface area contributed by atoms with Crippen LogP contribution in [0.5, 0.6) is 0 Å². The molecule has 0 saturated carbocycles. The second-order valence-corrected chi connectivity index (χ2v) is 6.07. The highest BCUT2D eigenvalue weighted by Gasteiger charge is 2.31. The van der Waals surface area contributed by atoms with Gasteiger partial charge in [-0.25, -0.2) is 0 Å². The summed E-state index contributed by atoms with van der Waals surface area (Å²) in [6.45, 7) is 3.27. The molecule has 2 heterocycles. The van der Waals surface area contributed by atoms with E-state index in [0.29, 0.717) is 18.1 Å². The average molecular weight is 290 g/mol. The average Bonchev–Trinajstić information content (AvgIpc) is 2.86. The number of rotatable bonds is 3. The summed E-state index contributed by atoms with van der Waals surface area (Å²) in [4.78, 5) is 13.5. The first-order valence-electron chi connectivity index (χ1n) is 5.88. The van der Waals surface area contributed by atoms with E-state index in [-0.39, 0.29) is 17.8 Å². The van der Waals surface area contributed by atoms with Gasteiger partial charge in [0.25, 0.3) is 0 Å². The van der Waals surface area contributed by atoms with Crippen molar-refractivity contribution in [3.63, 3.8) is 0 Å². The van der Waals surface area contributed by atoms with E-state index in [2.05, 4.69) is 5.10 Å². The molecule has 0 aliphatic carbocycles. The monoisotopic (exact) mass is 289 g/mol. The van der Waals surface area contributed by atoms with Crippen molar-refractivity contribution in [2.24, 2.45) is 0 Å². The molecule has 1 aromatic rings. The standard InChI is InChI=1S/C11H16ClN3O2S/c1-2-14-7-9(6-13-14)10-8-18(17)4-3-15(10)11(16)5-12/h6-7,10H,2-5,8H2,1H3. The van der Waals surface area contributed by atoms with Gasteiger partial charge < -0.3 is 4.90 Å². The van der Waals surface area contributed by atoms with Gasteiger partial charge in [0.15, 0.2) is 0 Å². The zero-order valence-corrected chi connectivity index (χ0v) is 11.8. The molecular formula is C11H16ClN3O2S. The third-order valence-electron chi connectivity index (χ3n) is 3.08. The Morgan fingerprint density at radius 2 is 2.44 bits per heavy atom. The first-order valence-corrected chi connectivity index (χ1v) is 7.90. The van der Waals surface area contributed by atoms with Gasteiger partial charge in [-0.3, -0.25) is 13.7 Å². The van der Waals surface area contributed by atoms with E-state index in [4.69, 9.17) is 11.6 Å². The van der Waals surface area contributed by atoms with Crippen molar-refractivity contribution in [2.45, 2.75) is 19.5 Å². The quantitative estimate of drug-likeness (QED) is 0.773. The third-order valence-corrected chi connectivity index (χ3v) is 4.63. The minimum Gasteiger partial charge on any atom is -0.333 e. The number of aromatic nitrogens is 2. The largest absolute Gasteiger partial charge is 0.333 e. The topological polar surface area (TPSA) is 55.2 Å². The molecule has 0 aromatic carbocycles. The molecule has 1 aromatic heterocycles. The maximum atomic E-state index is 11.8. The van der Waals surface area contributed by atoms with Crippen LogP contribution in [0.25, 0.3) is 0 Å². The summed E-state index contributed by atoms with van der Waals surface area (Å²) in [5.74, 6) is 0.854. The van der Waals surface area contributed by atoms with Gasteiger partial charge in [-0.1, -0.05) is 0 Å². The molecular weight excluding hydrogens is 274 g/mol. The molecule has 1 fully saturated rings. The molecule has 0 N–H and O–H groups in total. The Balaban J connectivity index is 2.24. The Morgan fingerprint density at radius 1 is 1.67 bits per heavy atom. The molecule has 100 valence electrons. The van der Waals surface area contributed by atoms with Crippen molar-refractivity contribution in [3.05, 3.63) is 18.0 Å². The van der Waals surface area contributed by atoms with Crippen LogP contribution in [-0.2, 0) is 22.1 Å². The molecule has 7 heteroatoms. The van der Waals surface area contributed by atoms with Crippen LogP contribution in [0.3, 0.4) is 0 Å². The van der Waals surface area contributed by atoms with Gasteiger partial charge in [0.05, 0.1) is 12.2 Å². The second kappa shape index (κ2) is 5.84. The number of nitrogens with zero attached hydrogens (tertiary/aromatic N) is 3. The summed E-state index contributed by atoms with van der Waals surface area (Å²) in [5, 5.41) is 4.20. The fourth-order valence-electron chi connectivity index (χ4n) is 2.08. The fourth-order valence-corrected chi connectivity index (χ4v) is 3.53. The molecule has 0 radical (unpaired) electrons. The molecule has 1 aliphatic rings. The van der Waals surface area contributed by atoms with Gasteiger partial charge in [0.1, 0.15) is 5.88 Å². The maximum absolute atomic E-state index is 11.8. The normalized spacial score (nSPS) is 24.2. The van der Waals surface area contributed by atoms with Gasteiger partial charge in [-0.15, -0.1) is 11.6 Å². The van der Waals surface area contributed by atoms with Crippen molar-refractivity contribution < 1.29 is 9.00 Å². The second-order valence-electron chi connectivity index (χ2n) is 4.18. The molecule has 0 spiro atoms. The number of alkyl halides is 1. The van der Waals surface area contributed by atoms with Crippen molar-refractivity contribution in [2.75, 3.05) is 23.9 Å². The predicted octanol–water partition coefficient (Wildman–Crippen LogP) is 0.774. The molecule has 1 aliphatic heterocycles. The van der Waals surface area contributed by atoms with E-state index in [0.717, 1.165) is 12.1 Å². The first kappa shape index (κ1) is 13.5. The number of carbonyl (C=O) groups is 1. The number of halogens is 1. The van der Waals surface area contributed by atoms with Gasteiger partial charge >= 0.3 is 0 Å². The Morgan fingerprint density at radius 3 is 3.06 bits per heavy atom. The van der Waals surface area contributed by atoms with E-state index >= 15 is 0 Å².